The number of aromatic nitrogens is 3. The molecule has 8 heteroatoms. The van der Waals surface area contributed by atoms with E-state index < -0.39 is 16.9 Å². The summed E-state index contributed by atoms with van der Waals surface area (Å²) in [4.78, 5) is 11.1. The minimum absolute atomic E-state index is 0.0841. The number of sulfone groups is 1. The predicted octanol–water partition coefficient (Wildman–Crippen LogP) is 2.57. The summed E-state index contributed by atoms with van der Waals surface area (Å²) in [6.45, 7) is 3.58. The average Bonchev–Trinajstić information content (AvgIpc) is 3.01. The molecule has 0 fully saturated rings. The van der Waals surface area contributed by atoms with Gasteiger partial charge in [0.15, 0.2) is 0 Å². The molecule has 132 valence electrons. The number of nitrogens with one attached hydrogen (secondary N) is 1. The van der Waals surface area contributed by atoms with Crippen LogP contribution in [-0.2, 0) is 15.6 Å². The van der Waals surface area contributed by atoms with Crippen LogP contribution in [0, 0.1) is 13.8 Å². The van der Waals surface area contributed by atoms with Gasteiger partial charge in [0, 0.05) is 23.4 Å². The summed E-state index contributed by atoms with van der Waals surface area (Å²) in [6.07, 6.45) is 1.56. The van der Waals surface area contributed by atoms with E-state index in [0.29, 0.717) is 28.0 Å². The molecule has 0 saturated carbocycles. The fourth-order valence-corrected chi connectivity index (χ4v) is 3.93. The van der Waals surface area contributed by atoms with Gasteiger partial charge in [-0.15, -0.1) is 0 Å². The summed E-state index contributed by atoms with van der Waals surface area (Å²) in [5.41, 5.74) is 2.56. The number of pyridine rings is 1. The molecule has 1 aromatic carbocycles. The minimum Gasteiger partial charge on any atom is -0.497 e. The maximum Gasteiger partial charge on any atom is 0.226 e. The van der Waals surface area contributed by atoms with Crippen LogP contribution in [0.3, 0.4) is 0 Å². The minimum atomic E-state index is -3.82. The first-order valence-electron chi connectivity index (χ1n) is 8.91. The Morgan fingerprint density at radius 3 is 2.80 bits per heavy atom. The number of rotatable bonds is 5. The maximum absolute atomic E-state index is 12.8. The van der Waals surface area contributed by atoms with Gasteiger partial charge in [-0.25, -0.2) is 13.4 Å². The SMILES string of the molecule is [2H]C([2H])([2H])Oc1ccc2nc(S(=O)(=O)Cc3ncc(C)c(OC)c3C)[nH]c2c1. The van der Waals surface area contributed by atoms with Gasteiger partial charge >= 0.3 is 0 Å². The lowest BCUT2D eigenvalue weighted by Crippen LogP contribution is -2.10. The van der Waals surface area contributed by atoms with E-state index >= 15 is 0 Å². The highest BCUT2D eigenvalue weighted by Crippen LogP contribution is 2.27. The molecule has 2 heterocycles. The highest BCUT2D eigenvalue weighted by atomic mass is 32.2. The highest BCUT2D eigenvalue weighted by molar-refractivity contribution is 7.90. The van der Waals surface area contributed by atoms with Crippen LogP contribution >= 0.6 is 0 Å². The molecule has 2 aromatic heterocycles. The molecular formula is C17H19N3O4S. The van der Waals surface area contributed by atoms with E-state index in [1.807, 2.05) is 6.92 Å². The lowest BCUT2D eigenvalue weighted by atomic mass is 10.1. The topological polar surface area (TPSA) is 94.2 Å². The zero-order chi connectivity index (χ0) is 20.7. The van der Waals surface area contributed by atoms with Crippen molar-refractivity contribution in [3.05, 3.63) is 41.2 Å². The Morgan fingerprint density at radius 1 is 1.28 bits per heavy atom. The molecule has 7 nitrogen and oxygen atoms in total. The van der Waals surface area contributed by atoms with Crippen LogP contribution < -0.4 is 9.47 Å². The monoisotopic (exact) mass is 364 g/mol. The Bertz CT molecular complexity index is 1140. The molecule has 3 aromatic rings. The smallest absolute Gasteiger partial charge is 0.226 e. The molecule has 0 radical (unpaired) electrons. The van der Waals surface area contributed by atoms with Gasteiger partial charge in [-0.2, -0.15) is 0 Å². The Balaban J connectivity index is 1.95. The second-order valence-electron chi connectivity index (χ2n) is 5.63. The number of hydrogen-bond acceptors (Lipinski definition) is 6. The molecule has 0 saturated heterocycles. The van der Waals surface area contributed by atoms with Crippen molar-refractivity contribution in [2.24, 2.45) is 0 Å². The Hall–Kier alpha value is -2.61. The number of nitrogens with zero attached hydrogens (tertiary/aromatic N) is 2. The number of fused-ring (bicyclic) bond motifs is 1. The summed E-state index contributed by atoms with van der Waals surface area (Å²) in [5.74, 6) is 0.325. The lowest BCUT2D eigenvalue weighted by Gasteiger charge is -2.11. The van der Waals surface area contributed by atoms with Gasteiger partial charge in [0.2, 0.25) is 15.0 Å². The standard InChI is InChI=1S/C17H19N3O4S/c1-10-8-18-15(11(2)16(10)24-4)9-25(21,22)17-19-13-6-5-12(23-3)7-14(13)20-17/h5-8H,9H2,1-4H3,(H,19,20)/i3D3. The third kappa shape index (κ3) is 3.17. The lowest BCUT2D eigenvalue weighted by molar-refractivity contribution is 0.407. The Morgan fingerprint density at radius 2 is 2.08 bits per heavy atom. The van der Waals surface area contributed by atoms with Crippen LogP contribution in [-0.4, -0.2) is 37.5 Å². The Kier molecular flexibility index (Phi) is 3.47. The number of methoxy groups -OCH3 is 2. The largest absolute Gasteiger partial charge is 0.497 e. The second-order valence-corrected chi connectivity index (χ2v) is 7.53. The van der Waals surface area contributed by atoms with Gasteiger partial charge in [-0.3, -0.25) is 4.98 Å². The van der Waals surface area contributed by atoms with Gasteiger partial charge in [0.25, 0.3) is 0 Å². The molecule has 0 unspecified atom stereocenters. The fraction of sp³-hybridized carbons (Fsp3) is 0.294. The van der Waals surface area contributed by atoms with E-state index in [1.54, 1.807) is 13.1 Å². The summed E-state index contributed by atoms with van der Waals surface area (Å²) >= 11 is 0. The van der Waals surface area contributed by atoms with Crippen molar-refractivity contribution >= 4 is 20.9 Å². The van der Waals surface area contributed by atoms with Gasteiger partial charge in [0.1, 0.15) is 17.3 Å². The number of aromatic amines is 1. The van der Waals surface area contributed by atoms with Gasteiger partial charge in [0.05, 0.1) is 35.0 Å². The first-order chi connectivity index (χ1) is 13.0. The van der Waals surface area contributed by atoms with Crippen LogP contribution in [0.25, 0.3) is 11.0 Å². The third-order valence-electron chi connectivity index (χ3n) is 3.92. The maximum atomic E-state index is 12.8. The van der Waals surface area contributed by atoms with Crippen molar-refractivity contribution in [1.29, 1.82) is 0 Å². The van der Waals surface area contributed by atoms with Crippen LogP contribution in [0.4, 0.5) is 0 Å². The van der Waals surface area contributed by atoms with Crippen molar-refractivity contribution < 1.29 is 22.0 Å². The number of ether oxygens (including phenoxy) is 2. The normalized spacial score (nSPS) is 14.0. The zero-order valence-corrected chi connectivity index (χ0v) is 14.8. The molecule has 0 spiro atoms. The predicted molar refractivity (Wildman–Crippen MR) is 93.8 cm³/mol. The van der Waals surface area contributed by atoms with E-state index in [1.165, 1.54) is 25.3 Å². The van der Waals surface area contributed by atoms with E-state index in [2.05, 4.69) is 15.0 Å². The number of H-pyrrole nitrogens is 1. The molecule has 0 aliphatic heterocycles. The highest BCUT2D eigenvalue weighted by Gasteiger charge is 2.23. The molecule has 0 bridgehead atoms. The van der Waals surface area contributed by atoms with Crippen molar-refractivity contribution in [1.82, 2.24) is 15.0 Å². The van der Waals surface area contributed by atoms with Gasteiger partial charge < -0.3 is 14.5 Å². The van der Waals surface area contributed by atoms with Gasteiger partial charge in [-0.1, -0.05) is 0 Å². The third-order valence-corrected chi connectivity index (χ3v) is 5.36. The average molecular weight is 364 g/mol. The van der Waals surface area contributed by atoms with E-state index in [9.17, 15) is 8.42 Å². The van der Waals surface area contributed by atoms with Gasteiger partial charge in [-0.05, 0) is 26.0 Å². The summed E-state index contributed by atoms with van der Waals surface area (Å²) in [6, 6.07) is 4.30. The fourth-order valence-electron chi connectivity index (χ4n) is 2.64. The number of aryl methyl sites for hydroxylation is 1. The van der Waals surface area contributed by atoms with Crippen LogP contribution in [0.15, 0.2) is 29.6 Å². The number of benzene rings is 1. The van der Waals surface area contributed by atoms with Crippen molar-refractivity contribution in [3.63, 3.8) is 0 Å². The van der Waals surface area contributed by atoms with Crippen molar-refractivity contribution in [2.75, 3.05) is 14.1 Å². The van der Waals surface area contributed by atoms with Crippen LogP contribution in [0.2, 0.25) is 0 Å². The number of hydrogen-bond donors (Lipinski definition) is 1. The molecule has 0 amide bonds. The second kappa shape index (κ2) is 6.36. The number of imidazole rings is 1. The summed E-state index contributed by atoms with van der Waals surface area (Å²) in [7, 11) is -4.90. The molecule has 0 aliphatic rings. The van der Waals surface area contributed by atoms with E-state index in [4.69, 9.17) is 13.6 Å². The molecule has 25 heavy (non-hydrogen) atoms. The quantitative estimate of drug-likeness (QED) is 0.748. The van der Waals surface area contributed by atoms with Crippen LogP contribution in [0.5, 0.6) is 11.5 Å². The van der Waals surface area contributed by atoms with Crippen molar-refractivity contribution in [3.8, 4) is 11.5 Å². The first kappa shape index (κ1) is 13.7. The van der Waals surface area contributed by atoms with E-state index in [-0.39, 0.29) is 16.7 Å². The molecule has 0 aliphatic carbocycles. The summed E-state index contributed by atoms with van der Waals surface area (Å²) < 4.78 is 57.2. The van der Waals surface area contributed by atoms with Crippen LogP contribution in [0.1, 0.15) is 20.9 Å². The zero-order valence-electron chi connectivity index (χ0n) is 17.0. The Labute approximate surface area is 150 Å². The first-order valence-corrected chi connectivity index (χ1v) is 9.06. The molecule has 1 N–H and O–H groups in total. The van der Waals surface area contributed by atoms with E-state index in [0.717, 1.165) is 5.56 Å². The molecule has 0 atom stereocenters. The molecular weight excluding hydrogens is 342 g/mol. The molecule has 3 rings (SSSR count). The summed E-state index contributed by atoms with van der Waals surface area (Å²) in [5, 5.41) is -0.228. The van der Waals surface area contributed by atoms with Crippen molar-refractivity contribution in [2.45, 2.75) is 24.8 Å².